The molecule has 6 nitrogen and oxygen atoms in total. The van der Waals surface area contributed by atoms with Gasteiger partial charge in [0.05, 0.1) is 10.6 Å². The van der Waals surface area contributed by atoms with Crippen molar-refractivity contribution in [3.05, 3.63) is 64.7 Å². The molecule has 0 aliphatic carbocycles. The van der Waals surface area contributed by atoms with Crippen LogP contribution in [0.1, 0.15) is 36.1 Å². The zero-order chi connectivity index (χ0) is 26.6. The second kappa shape index (κ2) is 8.49. The molecular formula is C22H22F6N2O4S. The normalized spacial score (nSPS) is 19.1. The van der Waals surface area contributed by atoms with E-state index in [0.717, 1.165) is 12.1 Å². The summed E-state index contributed by atoms with van der Waals surface area (Å²) in [7, 11) is -3.64. The van der Waals surface area contributed by atoms with E-state index in [1.54, 1.807) is 13.8 Å². The van der Waals surface area contributed by atoms with Crippen molar-refractivity contribution in [2.75, 3.05) is 5.75 Å². The highest BCUT2D eigenvalue weighted by Crippen LogP contribution is 2.50. The van der Waals surface area contributed by atoms with Crippen molar-refractivity contribution in [1.82, 2.24) is 5.32 Å². The predicted molar refractivity (Wildman–Crippen MR) is 113 cm³/mol. The van der Waals surface area contributed by atoms with Gasteiger partial charge in [0.1, 0.15) is 5.54 Å². The lowest BCUT2D eigenvalue weighted by Gasteiger charge is -2.33. The minimum Gasteiger partial charge on any atom is -0.369 e. The number of sulfone groups is 1. The van der Waals surface area contributed by atoms with Gasteiger partial charge in [0.25, 0.3) is 5.60 Å². The Bertz CT molecular complexity index is 1230. The van der Waals surface area contributed by atoms with E-state index in [-0.39, 0.29) is 34.2 Å². The first-order chi connectivity index (χ1) is 15.9. The van der Waals surface area contributed by atoms with Crippen LogP contribution in [0.4, 0.5) is 26.3 Å². The number of hydrogen-bond acceptors (Lipinski definition) is 5. The molecule has 1 atom stereocenters. The summed E-state index contributed by atoms with van der Waals surface area (Å²) in [4.78, 5) is 12.5. The number of aliphatic hydroxyl groups is 1. The van der Waals surface area contributed by atoms with E-state index >= 15 is 0 Å². The first-order valence-corrected chi connectivity index (χ1v) is 11.9. The number of halogens is 6. The molecule has 35 heavy (non-hydrogen) atoms. The number of nitrogens with two attached hydrogens (primary N) is 1. The molecule has 0 bridgehead atoms. The Kier molecular flexibility index (Phi) is 6.54. The number of carbonyl (C=O) groups is 1. The van der Waals surface area contributed by atoms with Crippen LogP contribution >= 0.6 is 0 Å². The Hall–Kier alpha value is -2.64. The van der Waals surface area contributed by atoms with E-state index < -0.39 is 44.8 Å². The minimum atomic E-state index is -6.07. The third kappa shape index (κ3) is 4.29. The average Bonchev–Trinajstić information content (AvgIpc) is 3.11. The molecule has 1 aliphatic heterocycles. The zero-order valence-corrected chi connectivity index (χ0v) is 19.3. The van der Waals surface area contributed by atoms with Gasteiger partial charge in [-0.05, 0) is 34.7 Å². The number of amides is 1. The summed E-state index contributed by atoms with van der Waals surface area (Å²) < 4.78 is 104. The minimum absolute atomic E-state index is 0.00258. The summed E-state index contributed by atoms with van der Waals surface area (Å²) in [5, 5.41) is 12.4. The molecule has 2 aromatic rings. The fourth-order valence-corrected chi connectivity index (χ4v) is 5.87. The van der Waals surface area contributed by atoms with Gasteiger partial charge in [0.15, 0.2) is 9.84 Å². The van der Waals surface area contributed by atoms with Crippen LogP contribution in [0.2, 0.25) is 0 Å². The molecule has 2 aromatic carbocycles. The third-order valence-corrected chi connectivity index (χ3v) is 7.94. The summed E-state index contributed by atoms with van der Waals surface area (Å²) >= 11 is 0. The highest BCUT2D eigenvalue weighted by molar-refractivity contribution is 7.91. The van der Waals surface area contributed by atoms with E-state index in [1.807, 2.05) is 0 Å². The molecule has 0 aromatic heterocycles. The number of benzene rings is 2. The maximum absolute atomic E-state index is 13.2. The van der Waals surface area contributed by atoms with Crippen molar-refractivity contribution in [2.45, 2.75) is 48.8 Å². The number of nitrogens with one attached hydrogen (secondary N) is 1. The largest absolute Gasteiger partial charge is 0.430 e. The fourth-order valence-electron chi connectivity index (χ4n) is 4.20. The Morgan fingerprint density at radius 2 is 1.60 bits per heavy atom. The van der Waals surface area contributed by atoms with Gasteiger partial charge >= 0.3 is 12.4 Å². The van der Waals surface area contributed by atoms with Crippen LogP contribution in [-0.2, 0) is 32.3 Å². The van der Waals surface area contributed by atoms with Gasteiger partial charge < -0.3 is 10.8 Å². The van der Waals surface area contributed by atoms with Gasteiger partial charge in [-0.15, -0.1) is 0 Å². The van der Waals surface area contributed by atoms with Gasteiger partial charge in [-0.1, -0.05) is 44.2 Å². The Morgan fingerprint density at radius 1 is 1.06 bits per heavy atom. The van der Waals surface area contributed by atoms with Gasteiger partial charge in [0.2, 0.25) is 5.91 Å². The van der Waals surface area contributed by atoms with Crippen LogP contribution in [0.25, 0.3) is 0 Å². The molecule has 1 unspecified atom stereocenters. The number of alkyl halides is 6. The van der Waals surface area contributed by atoms with Crippen molar-refractivity contribution < 1.29 is 44.7 Å². The van der Waals surface area contributed by atoms with Gasteiger partial charge in [-0.25, -0.2) is 8.42 Å². The van der Waals surface area contributed by atoms with Crippen molar-refractivity contribution in [1.29, 1.82) is 0 Å². The maximum atomic E-state index is 13.2. The summed E-state index contributed by atoms with van der Waals surface area (Å²) in [6, 6.07) is 6.45. The van der Waals surface area contributed by atoms with Crippen molar-refractivity contribution in [3.8, 4) is 0 Å². The molecule has 1 amide bonds. The highest BCUT2D eigenvalue weighted by Gasteiger charge is 2.71. The van der Waals surface area contributed by atoms with Crippen LogP contribution in [0.3, 0.4) is 0 Å². The Balaban J connectivity index is 2.11. The molecule has 0 saturated carbocycles. The molecule has 0 fully saturated rings. The molecule has 4 N–H and O–H groups in total. The first kappa shape index (κ1) is 27.0. The molecule has 0 saturated heterocycles. The lowest BCUT2D eigenvalue weighted by molar-refractivity contribution is -0.376. The Labute approximate surface area is 197 Å². The summed E-state index contributed by atoms with van der Waals surface area (Å²) in [6.45, 7) is 3.42. The monoisotopic (exact) mass is 524 g/mol. The van der Waals surface area contributed by atoms with Gasteiger partial charge in [-0.2, -0.15) is 26.3 Å². The van der Waals surface area contributed by atoms with Crippen LogP contribution < -0.4 is 11.1 Å². The summed E-state index contributed by atoms with van der Waals surface area (Å²) in [5.41, 5.74) is -2.36. The molecule has 1 heterocycles. The van der Waals surface area contributed by atoms with Crippen LogP contribution in [0.15, 0.2) is 47.4 Å². The number of rotatable bonds is 6. The first-order valence-electron chi connectivity index (χ1n) is 10.3. The maximum Gasteiger partial charge on any atom is 0.430 e. The van der Waals surface area contributed by atoms with E-state index in [0.29, 0.717) is 17.7 Å². The smallest absolute Gasteiger partial charge is 0.369 e. The highest BCUT2D eigenvalue weighted by atomic mass is 32.2. The van der Waals surface area contributed by atoms with Crippen molar-refractivity contribution in [2.24, 2.45) is 11.7 Å². The van der Waals surface area contributed by atoms with Crippen LogP contribution in [-0.4, -0.2) is 37.5 Å². The average molecular weight is 524 g/mol. The third-order valence-electron chi connectivity index (χ3n) is 5.86. The van der Waals surface area contributed by atoms with E-state index in [4.69, 9.17) is 5.73 Å². The topological polar surface area (TPSA) is 109 Å². The number of carbonyl (C=O) groups excluding carboxylic acids is 1. The molecule has 0 spiro atoms. The van der Waals surface area contributed by atoms with E-state index in [1.165, 1.54) is 18.2 Å². The quantitative estimate of drug-likeness (QED) is 0.503. The standard InChI is InChI=1S/C22H22F6N2O4S/c1-12(2)11-35(33,34)16-7-8-17-13(9-16)10-30-19(17,18(29)31)14-3-5-15(6-4-14)20(32,21(23,24)25)22(26,27)28/h3-9,12,30,32H,10-11H2,1-2H3,(H2,29,31). The van der Waals surface area contributed by atoms with Crippen LogP contribution in [0, 0.1) is 5.92 Å². The number of primary amides is 1. The SMILES string of the molecule is CC(C)CS(=O)(=O)c1ccc2c(c1)CNC2(C(N)=O)c1ccc(C(O)(C(F)(F)F)C(F)(F)F)cc1. The predicted octanol–water partition coefficient (Wildman–Crippen LogP) is 3.26. The molecule has 0 radical (unpaired) electrons. The lowest BCUT2D eigenvalue weighted by Crippen LogP contribution is -2.54. The number of fused-ring (bicyclic) bond motifs is 1. The molecular weight excluding hydrogens is 502 g/mol. The molecule has 192 valence electrons. The van der Waals surface area contributed by atoms with Gasteiger partial charge in [0, 0.05) is 12.1 Å². The summed E-state index contributed by atoms with van der Waals surface area (Å²) in [6.07, 6.45) is -12.1. The Morgan fingerprint density at radius 3 is 2.06 bits per heavy atom. The van der Waals surface area contributed by atoms with Gasteiger partial charge in [-0.3, -0.25) is 10.1 Å². The molecule has 1 aliphatic rings. The molecule has 13 heteroatoms. The fraction of sp³-hybridized carbons (Fsp3) is 0.409. The second-order valence-corrected chi connectivity index (χ2v) is 10.8. The van der Waals surface area contributed by atoms with Crippen molar-refractivity contribution >= 4 is 15.7 Å². The molecule has 3 rings (SSSR count). The second-order valence-electron chi connectivity index (χ2n) is 8.75. The van der Waals surface area contributed by atoms with Crippen LogP contribution in [0.5, 0.6) is 0 Å². The zero-order valence-electron chi connectivity index (χ0n) is 18.5. The number of hydrogen-bond donors (Lipinski definition) is 3. The van der Waals surface area contributed by atoms with Crippen molar-refractivity contribution in [3.63, 3.8) is 0 Å². The lowest BCUT2D eigenvalue weighted by atomic mass is 9.81. The summed E-state index contributed by atoms with van der Waals surface area (Å²) in [5.74, 6) is -1.28. The van der Waals surface area contributed by atoms with E-state index in [9.17, 15) is 44.7 Å². The van der Waals surface area contributed by atoms with E-state index in [2.05, 4.69) is 5.32 Å².